The molecule has 0 radical (unpaired) electrons. The Bertz CT molecular complexity index is 1220. The van der Waals surface area contributed by atoms with E-state index in [2.05, 4.69) is 15.3 Å². The summed E-state index contributed by atoms with van der Waals surface area (Å²) < 4.78 is 31.6. The van der Waals surface area contributed by atoms with Crippen LogP contribution in [0.5, 0.6) is 17.2 Å². The molecule has 4 aromatic rings. The summed E-state index contributed by atoms with van der Waals surface area (Å²) in [7, 11) is 4.71. The molecule has 0 amide bonds. The molecule has 0 unspecified atom stereocenters. The molecule has 1 N–H and O–H groups in total. The van der Waals surface area contributed by atoms with Crippen molar-refractivity contribution >= 4 is 23.1 Å². The van der Waals surface area contributed by atoms with Gasteiger partial charge < -0.3 is 19.5 Å². The van der Waals surface area contributed by atoms with Crippen molar-refractivity contribution in [1.29, 1.82) is 0 Å². The highest BCUT2D eigenvalue weighted by molar-refractivity contribution is 6.31. The first-order valence-corrected chi connectivity index (χ1v) is 9.73. The largest absolute Gasteiger partial charge is 0.493 e. The number of nitrogens with one attached hydrogen (secondary N) is 1. The van der Waals surface area contributed by atoms with Gasteiger partial charge in [0.25, 0.3) is 0 Å². The van der Waals surface area contributed by atoms with Crippen LogP contribution in [0.4, 0.5) is 10.2 Å². The third-order valence-electron chi connectivity index (χ3n) is 4.83. The minimum atomic E-state index is -0.464. The van der Waals surface area contributed by atoms with Crippen LogP contribution in [0.15, 0.2) is 48.9 Å². The van der Waals surface area contributed by atoms with Crippen LogP contribution >= 0.6 is 11.6 Å². The Morgan fingerprint density at radius 3 is 2.42 bits per heavy atom. The van der Waals surface area contributed by atoms with Gasteiger partial charge in [-0.05, 0) is 35.9 Å². The number of halogens is 2. The van der Waals surface area contributed by atoms with Gasteiger partial charge in [-0.3, -0.25) is 4.40 Å². The summed E-state index contributed by atoms with van der Waals surface area (Å²) in [5.41, 5.74) is 3.07. The average Bonchev–Trinajstić information content (AvgIpc) is 3.23. The number of benzene rings is 2. The molecule has 4 rings (SSSR count). The maximum absolute atomic E-state index is 13.5. The van der Waals surface area contributed by atoms with Crippen molar-refractivity contribution in [3.63, 3.8) is 0 Å². The molecule has 0 bridgehead atoms. The highest BCUT2D eigenvalue weighted by atomic mass is 35.5. The van der Waals surface area contributed by atoms with Gasteiger partial charge in [0.15, 0.2) is 23.0 Å². The Kier molecular flexibility index (Phi) is 5.81. The Morgan fingerprint density at radius 1 is 1.03 bits per heavy atom. The van der Waals surface area contributed by atoms with Crippen molar-refractivity contribution in [2.24, 2.45) is 0 Å². The standard InChI is InChI=1S/C22H20ClFN4O3/c1-29-18-8-13(9-19(30-2)20(18)31-3)11-26-21-22-27-12-17(28(22)7-6-25-21)14-4-5-16(24)15(23)10-14/h4-10,12H,11H2,1-3H3,(H,25,26). The second kappa shape index (κ2) is 8.69. The minimum Gasteiger partial charge on any atom is -0.493 e. The number of ether oxygens (including phenoxy) is 3. The maximum Gasteiger partial charge on any atom is 0.203 e. The lowest BCUT2D eigenvalue weighted by Gasteiger charge is -2.14. The van der Waals surface area contributed by atoms with Crippen molar-refractivity contribution in [2.75, 3.05) is 26.6 Å². The SMILES string of the molecule is COc1cc(CNc2nccn3c(-c4ccc(F)c(Cl)c4)cnc23)cc(OC)c1OC. The normalized spacial score (nSPS) is 10.9. The van der Waals surface area contributed by atoms with E-state index in [9.17, 15) is 4.39 Å². The lowest BCUT2D eigenvalue weighted by Crippen LogP contribution is -2.05. The van der Waals surface area contributed by atoms with Crippen LogP contribution in [0.25, 0.3) is 16.9 Å². The van der Waals surface area contributed by atoms with Crippen LogP contribution in [-0.2, 0) is 6.54 Å². The molecule has 0 aliphatic heterocycles. The van der Waals surface area contributed by atoms with Gasteiger partial charge in [0.1, 0.15) is 5.82 Å². The summed E-state index contributed by atoms with van der Waals surface area (Å²) >= 11 is 5.94. The molecular formula is C22H20ClFN4O3. The van der Waals surface area contributed by atoms with E-state index < -0.39 is 5.82 Å². The Hall–Kier alpha value is -3.52. The summed E-state index contributed by atoms with van der Waals surface area (Å²) in [4.78, 5) is 8.90. The van der Waals surface area contributed by atoms with Crippen molar-refractivity contribution in [2.45, 2.75) is 6.54 Å². The number of hydrogen-bond donors (Lipinski definition) is 1. The molecule has 0 spiro atoms. The lowest BCUT2D eigenvalue weighted by atomic mass is 10.1. The molecule has 0 aliphatic carbocycles. The first-order chi connectivity index (χ1) is 15.0. The van der Waals surface area contributed by atoms with Gasteiger partial charge in [0, 0.05) is 24.5 Å². The predicted octanol–water partition coefficient (Wildman–Crippen LogP) is 4.83. The van der Waals surface area contributed by atoms with Gasteiger partial charge in [-0.1, -0.05) is 11.6 Å². The fraction of sp³-hybridized carbons (Fsp3) is 0.182. The fourth-order valence-corrected chi connectivity index (χ4v) is 3.52. The number of fused-ring (bicyclic) bond motifs is 1. The smallest absolute Gasteiger partial charge is 0.203 e. The molecule has 2 aromatic carbocycles. The summed E-state index contributed by atoms with van der Waals surface area (Å²) in [5.74, 6) is 1.80. The van der Waals surface area contributed by atoms with Gasteiger partial charge >= 0.3 is 0 Å². The van der Waals surface area contributed by atoms with Crippen molar-refractivity contribution in [3.05, 3.63) is 65.3 Å². The maximum atomic E-state index is 13.5. The summed E-state index contributed by atoms with van der Waals surface area (Å²) in [6.45, 7) is 0.452. The molecule has 0 atom stereocenters. The number of rotatable bonds is 7. The van der Waals surface area contributed by atoms with Crippen LogP contribution in [-0.4, -0.2) is 35.7 Å². The van der Waals surface area contributed by atoms with E-state index in [1.165, 1.54) is 6.07 Å². The third kappa shape index (κ3) is 3.94. The molecule has 31 heavy (non-hydrogen) atoms. The highest BCUT2D eigenvalue weighted by Gasteiger charge is 2.15. The molecule has 7 nitrogen and oxygen atoms in total. The minimum absolute atomic E-state index is 0.0576. The Morgan fingerprint density at radius 2 is 1.77 bits per heavy atom. The predicted molar refractivity (Wildman–Crippen MR) is 117 cm³/mol. The number of methoxy groups -OCH3 is 3. The van der Waals surface area contributed by atoms with Crippen LogP contribution in [0.1, 0.15) is 5.56 Å². The molecule has 0 saturated carbocycles. The van der Waals surface area contributed by atoms with Crippen LogP contribution in [0, 0.1) is 5.82 Å². The molecule has 0 fully saturated rings. The van der Waals surface area contributed by atoms with Crippen LogP contribution < -0.4 is 19.5 Å². The first-order valence-electron chi connectivity index (χ1n) is 9.36. The van der Waals surface area contributed by atoms with E-state index >= 15 is 0 Å². The molecule has 9 heteroatoms. The number of aromatic nitrogens is 3. The van der Waals surface area contributed by atoms with Gasteiger partial charge in [0.05, 0.1) is 38.2 Å². The zero-order valence-corrected chi connectivity index (χ0v) is 17.9. The number of nitrogens with zero attached hydrogens (tertiary/aromatic N) is 3. The molecule has 160 valence electrons. The Labute approximate surface area is 183 Å². The topological polar surface area (TPSA) is 69.9 Å². The van der Waals surface area contributed by atoms with Gasteiger partial charge in [-0.2, -0.15) is 0 Å². The van der Waals surface area contributed by atoms with Gasteiger partial charge in [0.2, 0.25) is 5.75 Å². The van der Waals surface area contributed by atoms with E-state index in [1.807, 2.05) is 16.5 Å². The zero-order valence-electron chi connectivity index (χ0n) is 17.1. The summed E-state index contributed by atoms with van der Waals surface area (Å²) in [6, 6.07) is 8.30. The molecular weight excluding hydrogens is 423 g/mol. The molecule has 0 saturated heterocycles. The van der Waals surface area contributed by atoms with E-state index in [-0.39, 0.29) is 5.02 Å². The van der Waals surface area contributed by atoms with Crippen LogP contribution in [0.2, 0.25) is 5.02 Å². The number of hydrogen-bond acceptors (Lipinski definition) is 6. The molecule has 0 aliphatic rings. The lowest BCUT2D eigenvalue weighted by molar-refractivity contribution is 0.324. The summed E-state index contributed by atoms with van der Waals surface area (Å²) in [6.07, 6.45) is 5.16. The van der Waals surface area contributed by atoms with Gasteiger partial charge in [-0.15, -0.1) is 0 Å². The third-order valence-corrected chi connectivity index (χ3v) is 5.12. The van der Waals surface area contributed by atoms with E-state index in [0.29, 0.717) is 35.3 Å². The monoisotopic (exact) mass is 442 g/mol. The average molecular weight is 443 g/mol. The second-order valence-corrected chi connectivity index (χ2v) is 7.04. The first kappa shape index (κ1) is 20.7. The molecule has 2 heterocycles. The van der Waals surface area contributed by atoms with Crippen molar-refractivity contribution in [1.82, 2.24) is 14.4 Å². The quantitative estimate of drug-likeness (QED) is 0.442. The second-order valence-electron chi connectivity index (χ2n) is 6.63. The zero-order chi connectivity index (χ0) is 22.0. The number of imidazole rings is 1. The highest BCUT2D eigenvalue weighted by Crippen LogP contribution is 2.38. The summed E-state index contributed by atoms with van der Waals surface area (Å²) in [5, 5.41) is 3.35. The van der Waals surface area contributed by atoms with Crippen LogP contribution in [0.3, 0.4) is 0 Å². The van der Waals surface area contributed by atoms with E-state index in [4.69, 9.17) is 25.8 Å². The number of anilines is 1. The van der Waals surface area contributed by atoms with Crippen molar-refractivity contribution < 1.29 is 18.6 Å². The van der Waals surface area contributed by atoms with E-state index in [1.54, 1.807) is 52.1 Å². The molecule has 2 aromatic heterocycles. The van der Waals surface area contributed by atoms with Gasteiger partial charge in [-0.25, -0.2) is 14.4 Å². The van der Waals surface area contributed by atoms with E-state index in [0.717, 1.165) is 16.8 Å². The fourth-order valence-electron chi connectivity index (χ4n) is 3.34. The van der Waals surface area contributed by atoms with Crippen molar-refractivity contribution in [3.8, 4) is 28.5 Å². The Balaban J connectivity index is 1.64.